The predicted octanol–water partition coefficient (Wildman–Crippen LogP) is 0.845. The van der Waals surface area contributed by atoms with Crippen LogP contribution in [0, 0.1) is 0 Å². The van der Waals surface area contributed by atoms with Crippen LogP contribution in [0.1, 0.15) is 10.7 Å². The van der Waals surface area contributed by atoms with Crippen LogP contribution in [-0.2, 0) is 29.0 Å². The number of hydrogen-bond donors (Lipinski definition) is 1. The first-order valence-corrected chi connectivity index (χ1v) is 6.82. The van der Waals surface area contributed by atoms with Crippen molar-refractivity contribution in [2.24, 2.45) is 0 Å². The molecule has 2 aromatic heterocycles. The van der Waals surface area contributed by atoms with Gasteiger partial charge in [-0.05, 0) is 11.4 Å². The van der Waals surface area contributed by atoms with Gasteiger partial charge in [0.25, 0.3) is 0 Å². The molecule has 1 amide bonds. The maximum Gasteiger partial charge on any atom is 0.225 e. The normalized spacial score (nSPS) is 10.6. The van der Waals surface area contributed by atoms with Crippen LogP contribution in [0.5, 0.6) is 0 Å². The quantitative estimate of drug-likeness (QED) is 0.816. The van der Waals surface area contributed by atoms with Gasteiger partial charge >= 0.3 is 0 Å². The van der Waals surface area contributed by atoms with Crippen LogP contribution in [0.15, 0.2) is 23.8 Å². The molecule has 2 aromatic rings. The Balaban J connectivity index is 1.81. The summed E-state index contributed by atoms with van der Waals surface area (Å²) in [6.07, 6.45) is 2.05. The molecule has 102 valence electrons. The Morgan fingerprint density at radius 1 is 1.58 bits per heavy atom. The second kappa shape index (κ2) is 7.01. The predicted molar refractivity (Wildman–Crippen MR) is 71.8 cm³/mol. The highest BCUT2D eigenvalue weighted by Gasteiger charge is 2.07. The fraction of sp³-hybridized carbons (Fsp3) is 0.417. The molecule has 19 heavy (non-hydrogen) atoms. The van der Waals surface area contributed by atoms with E-state index in [1.807, 2.05) is 22.1 Å². The van der Waals surface area contributed by atoms with Crippen molar-refractivity contribution in [1.29, 1.82) is 0 Å². The lowest BCUT2D eigenvalue weighted by Gasteiger charge is -2.07. The number of ether oxygens (including phenoxy) is 1. The van der Waals surface area contributed by atoms with Crippen LogP contribution >= 0.6 is 11.3 Å². The van der Waals surface area contributed by atoms with Crippen molar-refractivity contribution in [2.45, 2.75) is 19.5 Å². The van der Waals surface area contributed by atoms with Crippen molar-refractivity contribution in [3.8, 4) is 0 Å². The summed E-state index contributed by atoms with van der Waals surface area (Å²) in [5, 5.41) is 12.6. The third-order valence-corrected chi connectivity index (χ3v) is 3.47. The molecule has 0 aliphatic rings. The summed E-state index contributed by atoms with van der Waals surface area (Å²) in [7, 11) is 1.65. The van der Waals surface area contributed by atoms with E-state index in [0.29, 0.717) is 26.1 Å². The average molecular weight is 280 g/mol. The zero-order chi connectivity index (χ0) is 13.5. The highest BCUT2D eigenvalue weighted by molar-refractivity contribution is 7.10. The molecule has 2 heterocycles. The standard InChI is InChI=1S/C12H16N4O2S/c1-18-5-4-16-9-14-15-11(16)8-13-12(17)7-10-3-2-6-19-10/h2-3,6,9H,4-5,7-8H2,1H3,(H,13,17). The number of amides is 1. The molecule has 0 bridgehead atoms. The number of carbonyl (C=O) groups is 1. The van der Waals surface area contributed by atoms with Crippen molar-refractivity contribution >= 4 is 17.2 Å². The Bertz CT molecular complexity index is 510. The van der Waals surface area contributed by atoms with Gasteiger partial charge in [0.05, 0.1) is 19.6 Å². The van der Waals surface area contributed by atoms with E-state index < -0.39 is 0 Å². The lowest BCUT2D eigenvalue weighted by atomic mass is 10.3. The minimum Gasteiger partial charge on any atom is -0.383 e. The second-order valence-electron chi connectivity index (χ2n) is 3.97. The van der Waals surface area contributed by atoms with E-state index >= 15 is 0 Å². The molecule has 7 heteroatoms. The van der Waals surface area contributed by atoms with Gasteiger partial charge in [0.1, 0.15) is 6.33 Å². The fourth-order valence-corrected chi connectivity index (χ4v) is 2.31. The summed E-state index contributed by atoms with van der Waals surface area (Å²) >= 11 is 1.58. The van der Waals surface area contributed by atoms with Gasteiger partial charge in [0.2, 0.25) is 5.91 Å². The SMILES string of the molecule is COCCn1cnnc1CNC(=O)Cc1cccs1. The first-order valence-electron chi connectivity index (χ1n) is 5.94. The van der Waals surface area contributed by atoms with Crippen LogP contribution in [0.4, 0.5) is 0 Å². The number of rotatable bonds is 7. The summed E-state index contributed by atoms with van der Waals surface area (Å²) < 4.78 is 6.87. The summed E-state index contributed by atoms with van der Waals surface area (Å²) in [6.45, 7) is 1.65. The number of carbonyl (C=O) groups excluding carboxylic acids is 1. The zero-order valence-corrected chi connectivity index (χ0v) is 11.5. The zero-order valence-electron chi connectivity index (χ0n) is 10.7. The van der Waals surface area contributed by atoms with Crippen molar-refractivity contribution in [2.75, 3.05) is 13.7 Å². The van der Waals surface area contributed by atoms with E-state index in [0.717, 1.165) is 10.7 Å². The molecule has 0 saturated carbocycles. The maximum atomic E-state index is 11.7. The summed E-state index contributed by atoms with van der Waals surface area (Å²) in [4.78, 5) is 12.8. The topological polar surface area (TPSA) is 69.0 Å². The molecular weight excluding hydrogens is 264 g/mol. The Morgan fingerprint density at radius 3 is 3.21 bits per heavy atom. The number of hydrogen-bond acceptors (Lipinski definition) is 5. The molecule has 0 atom stereocenters. The van der Waals surface area contributed by atoms with E-state index in [-0.39, 0.29) is 5.91 Å². The van der Waals surface area contributed by atoms with Crippen molar-refractivity contribution in [1.82, 2.24) is 20.1 Å². The monoisotopic (exact) mass is 280 g/mol. The second-order valence-corrected chi connectivity index (χ2v) is 5.00. The van der Waals surface area contributed by atoms with Crippen molar-refractivity contribution in [3.05, 3.63) is 34.5 Å². The van der Waals surface area contributed by atoms with Crippen molar-refractivity contribution < 1.29 is 9.53 Å². The van der Waals surface area contributed by atoms with Crippen LogP contribution in [0.2, 0.25) is 0 Å². The average Bonchev–Trinajstić information content (AvgIpc) is 3.05. The molecule has 0 fully saturated rings. The maximum absolute atomic E-state index is 11.7. The number of thiophene rings is 1. The molecule has 0 unspecified atom stereocenters. The van der Waals surface area contributed by atoms with Gasteiger partial charge in [-0.15, -0.1) is 21.5 Å². The van der Waals surface area contributed by atoms with E-state index in [1.165, 1.54) is 0 Å². The van der Waals surface area contributed by atoms with E-state index in [4.69, 9.17) is 4.74 Å². The van der Waals surface area contributed by atoms with E-state index in [9.17, 15) is 4.79 Å². The largest absolute Gasteiger partial charge is 0.383 e. The minimum atomic E-state index is -0.0104. The third kappa shape index (κ3) is 4.15. The van der Waals surface area contributed by atoms with Gasteiger partial charge in [-0.1, -0.05) is 6.07 Å². The van der Waals surface area contributed by atoms with Crippen LogP contribution in [-0.4, -0.2) is 34.4 Å². The summed E-state index contributed by atoms with van der Waals surface area (Å²) in [5.41, 5.74) is 0. The molecule has 0 radical (unpaired) electrons. The first kappa shape index (κ1) is 13.7. The van der Waals surface area contributed by atoms with E-state index in [2.05, 4.69) is 15.5 Å². The molecule has 0 aliphatic carbocycles. The van der Waals surface area contributed by atoms with Crippen LogP contribution in [0.25, 0.3) is 0 Å². The summed E-state index contributed by atoms with van der Waals surface area (Å²) in [5.74, 6) is 0.723. The first-order chi connectivity index (χ1) is 9.29. The van der Waals surface area contributed by atoms with Gasteiger partial charge in [-0.3, -0.25) is 4.79 Å². The number of methoxy groups -OCH3 is 1. The highest BCUT2D eigenvalue weighted by Crippen LogP contribution is 2.08. The molecule has 6 nitrogen and oxygen atoms in total. The van der Waals surface area contributed by atoms with Gasteiger partial charge in [-0.25, -0.2) is 0 Å². The van der Waals surface area contributed by atoms with Gasteiger partial charge < -0.3 is 14.6 Å². The molecule has 0 saturated heterocycles. The molecular formula is C12H16N4O2S. The van der Waals surface area contributed by atoms with E-state index in [1.54, 1.807) is 24.8 Å². The van der Waals surface area contributed by atoms with Crippen molar-refractivity contribution in [3.63, 3.8) is 0 Å². The minimum absolute atomic E-state index is 0.0104. The van der Waals surface area contributed by atoms with Gasteiger partial charge in [0, 0.05) is 18.5 Å². The lowest BCUT2D eigenvalue weighted by Crippen LogP contribution is -2.26. The molecule has 1 N–H and O–H groups in total. The number of nitrogens with one attached hydrogen (secondary N) is 1. The van der Waals surface area contributed by atoms with Crippen LogP contribution in [0.3, 0.4) is 0 Å². The Labute approximate surface area is 115 Å². The molecule has 2 rings (SSSR count). The van der Waals surface area contributed by atoms with Crippen LogP contribution < -0.4 is 5.32 Å². The Kier molecular flexibility index (Phi) is 5.05. The van der Waals surface area contributed by atoms with Gasteiger partial charge in [-0.2, -0.15) is 0 Å². The summed E-state index contributed by atoms with van der Waals surface area (Å²) in [6, 6.07) is 3.89. The fourth-order valence-electron chi connectivity index (χ4n) is 1.60. The lowest BCUT2D eigenvalue weighted by molar-refractivity contribution is -0.120. The smallest absolute Gasteiger partial charge is 0.225 e. The highest BCUT2D eigenvalue weighted by atomic mass is 32.1. The Hall–Kier alpha value is -1.73. The number of aromatic nitrogens is 3. The third-order valence-electron chi connectivity index (χ3n) is 2.59. The number of nitrogens with zero attached hydrogens (tertiary/aromatic N) is 3. The molecule has 0 spiro atoms. The molecule has 0 aliphatic heterocycles. The van der Waals surface area contributed by atoms with Gasteiger partial charge in [0.15, 0.2) is 5.82 Å². The Morgan fingerprint density at radius 2 is 2.47 bits per heavy atom. The molecule has 0 aromatic carbocycles.